The predicted molar refractivity (Wildman–Crippen MR) is 146 cm³/mol. The molecular formula is C27H36FN7O4. The zero-order valence-corrected chi connectivity index (χ0v) is 23.2. The topological polar surface area (TPSA) is 135 Å². The molecule has 2 amide bonds. The van der Waals surface area contributed by atoms with E-state index < -0.39 is 17.7 Å². The van der Waals surface area contributed by atoms with Crippen LogP contribution >= 0.6 is 0 Å². The number of hydrogen-bond acceptors (Lipinski definition) is 9. The first-order chi connectivity index (χ1) is 18.5. The van der Waals surface area contributed by atoms with E-state index in [9.17, 15) is 14.0 Å². The van der Waals surface area contributed by atoms with Crippen molar-refractivity contribution in [2.45, 2.75) is 59.1 Å². The fourth-order valence-corrected chi connectivity index (χ4v) is 3.38. The Balaban J connectivity index is 1.62. The molecule has 12 heteroatoms. The molecule has 39 heavy (non-hydrogen) atoms. The van der Waals surface area contributed by atoms with Gasteiger partial charge in [-0.05, 0) is 52.3 Å². The van der Waals surface area contributed by atoms with Crippen molar-refractivity contribution in [3.05, 3.63) is 48.0 Å². The highest BCUT2D eigenvalue weighted by atomic mass is 19.1. The Kier molecular flexibility index (Phi) is 9.80. The van der Waals surface area contributed by atoms with Crippen LogP contribution in [-0.2, 0) is 16.0 Å². The standard InChI is InChI=1S/C27H36FN7O4/c1-7-12-29-23-21(16-31-25(33-23)32-19-10-8-9-18(28)14-19)22-15-20(34-39-22)11-13-30-24(36)17(2)35(6)26(37)38-27(3,4)5/h8-10,14-17H,7,11-13H2,1-6H3,(H,30,36)(H2,29,31,32,33)/t17-/m0/s1. The number of nitrogens with zero attached hydrogens (tertiary/aromatic N) is 4. The molecule has 11 nitrogen and oxygen atoms in total. The van der Waals surface area contributed by atoms with Gasteiger partial charge in [-0.15, -0.1) is 0 Å². The van der Waals surface area contributed by atoms with E-state index in [4.69, 9.17) is 9.26 Å². The Morgan fingerprint density at radius 2 is 1.97 bits per heavy atom. The molecule has 3 N–H and O–H groups in total. The Hall–Kier alpha value is -4.22. The lowest BCUT2D eigenvalue weighted by Gasteiger charge is -2.28. The molecule has 0 aliphatic rings. The number of aromatic nitrogens is 3. The highest BCUT2D eigenvalue weighted by Crippen LogP contribution is 2.28. The van der Waals surface area contributed by atoms with Gasteiger partial charge in [0.05, 0.1) is 11.3 Å². The maximum atomic E-state index is 13.5. The number of rotatable bonds is 11. The zero-order valence-electron chi connectivity index (χ0n) is 23.2. The van der Waals surface area contributed by atoms with Crippen LogP contribution in [0, 0.1) is 5.82 Å². The van der Waals surface area contributed by atoms with Crippen molar-refractivity contribution < 1.29 is 23.2 Å². The molecule has 1 atom stereocenters. The predicted octanol–water partition coefficient (Wildman–Crippen LogP) is 4.75. The molecule has 2 aromatic heterocycles. The summed E-state index contributed by atoms with van der Waals surface area (Å²) in [6.45, 7) is 9.93. The first-order valence-corrected chi connectivity index (χ1v) is 12.8. The average Bonchev–Trinajstić information content (AvgIpc) is 3.34. The lowest BCUT2D eigenvalue weighted by atomic mass is 10.2. The van der Waals surface area contributed by atoms with Crippen LogP contribution in [0.25, 0.3) is 11.3 Å². The van der Waals surface area contributed by atoms with Crippen molar-refractivity contribution in [2.75, 3.05) is 30.8 Å². The summed E-state index contributed by atoms with van der Waals surface area (Å²) < 4.78 is 24.4. The van der Waals surface area contributed by atoms with Crippen LogP contribution in [0.5, 0.6) is 0 Å². The van der Waals surface area contributed by atoms with Crippen molar-refractivity contribution in [2.24, 2.45) is 0 Å². The van der Waals surface area contributed by atoms with Gasteiger partial charge in [0.1, 0.15) is 23.3 Å². The molecule has 1 aromatic carbocycles. The second-order valence-corrected chi connectivity index (χ2v) is 10.0. The van der Waals surface area contributed by atoms with Gasteiger partial charge in [0.15, 0.2) is 5.76 Å². The van der Waals surface area contributed by atoms with Crippen molar-refractivity contribution in [1.29, 1.82) is 0 Å². The van der Waals surface area contributed by atoms with Gasteiger partial charge in [0, 0.05) is 44.5 Å². The molecule has 0 saturated carbocycles. The summed E-state index contributed by atoms with van der Waals surface area (Å²) >= 11 is 0. The van der Waals surface area contributed by atoms with Gasteiger partial charge >= 0.3 is 6.09 Å². The molecule has 3 aromatic rings. The second kappa shape index (κ2) is 13.0. The molecule has 0 radical (unpaired) electrons. The van der Waals surface area contributed by atoms with E-state index in [1.165, 1.54) is 24.1 Å². The van der Waals surface area contributed by atoms with Crippen LogP contribution in [0.3, 0.4) is 0 Å². The van der Waals surface area contributed by atoms with E-state index in [2.05, 4.69) is 31.1 Å². The first-order valence-electron chi connectivity index (χ1n) is 12.8. The molecule has 0 aliphatic heterocycles. The third kappa shape index (κ3) is 8.66. The second-order valence-electron chi connectivity index (χ2n) is 10.0. The average molecular weight is 542 g/mol. The lowest BCUT2D eigenvalue weighted by molar-refractivity contribution is -0.125. The largest absolute Gasteiger partial charge is 0.444 e. The van der Waals surface area contributed by atoms with Gasteiger partial charge in [-0.3, -0.25) is 9.69 Å². The summed E-state index contributed by atoms with van der Waals surface area (Å²) in [4.78, 5) is 34.9. The number of amides is 2. The molecular weight excluding hydrogens is 505 g/mol. The van der Waals surface area contributed by atoms with Gasteiger partial charge in [-0.25, -0.2) is 14.2 Å². The molecule has 0 unspecified atom stereocenters. The van der Waals surface area contributed by atoms with Crippen LogP contribution in [0.15, 0.2) is 41.1 Å². The number of carbonyl (C=O) groups is 2. The third-order valence-electron chi connectivity index (χ3n) is 5.56. The van der Waals surface area contributed by atoms with E-state index >= 15 is 0 Å². The molecule has 2 heterocycles. The molecule has 0 fully saturated rings. The van der Waals surface area contributed by atoms with Crippen LogP contribution < -0.4 is 16.0 Å². The van der Waals surface area contributed by atoms with Crippen LogP contribution in [0.4, 0.5) is 26.6 Å². The highest BCUT2D eigenvalue weighted by Gasteiger charge is 2.26. The van der Waals surface area contributed by atoms with Crippen molar-refractivity contribution in [3.8, 4) is 11.3 Å². The number of benzene rings is 1. The Labute approximate surface area is 227 Å². The van der Waals surface area contributed by atoms with Crippen LogP contribution in [0.1, 0.15) is 46.7 Å². The van der Waals surface area contributed by atoms with Gasteiger partial charge in [0.25, 0.3) is 0 Å². The number of ether oxygens (including phenoxy) is 1. The van der Waals surface area contributed by atoms with Gasteiger partial charge in [-0.2, -0.15) is 4.98 Å². The highest BCUT2D eigenvalue weighted by molar-refractivity contribution is 5.85. The van der Waals surface area contributed by atoms with E-state index in [-0.39, 0.29) is 11.7 Å². The van der Waals surface area contributed by atoms with Gasteiger partial charge in [0.2, 0.25) is 11.9 Å². The number of anilines is 3. The summed E-state index contributed by atoms with van der Waals surface area (Å²) in [5.41, 5.74) is 1.12. The van der Waals surface area contributed by atoms with Crippen LogP contribution in [-0.4, -0.2) is 63.8 Å². The van der Waals surface area contributed by atoms with Gasteiger partial charge in [-0.1, -0.05) is 18.1 Å². The normalized spacial score (nSPS) is 12.0. The fraction of sp³-hybridized carbons (Fsp3) is 0.444. The monoisotopic (exact) mass is 541 g/mol. The number of hydrogen-bond donors (Lipinski definition) is 3. The summed E-state index contributed by atoms with van der Waals surface area (Å²) in [6, 6.07) is 7.08. The summed E-state index contributed by atoms with van der Waals surface area (Å²) in [7, 11) is 1.52. The van der Waals surface area contributed by atoms with E-state index in [0.717, 1.165) is 6.42 Å². The summed E-state index contributed by atoms with van der Waals surface area (Å²) in [5.74, 6) is 0.630. The van der Waals surface area contributed by atoms with Crippen molar-refractivity contribution >= 4 is 29.5 Å². The molecule has 0 spiro atoms. The third-order valence-corrected chi connectivity index (χ3v) is 5.56. The Morgan fingerprint density at radius 3 is 2.67 bits per heavy atom. The minimum absolute atomic E-state index is 0.297. The maximum Gasteiger partial charge on any atom is 0.410 e. The SMILES string of the molecule is CCCNc1nc(Nc2cccc(F)c2)ncc1-c1cc(CCNC(=O)[C@H](C)N(C)C(=O)OC(C)(C)C)no1. The molecule has 0 aliphatic carbocycles. The minimum atomic E-state index is -0.712. The molecule has 210 valence electrons. The zero-order chi connectivity index (χ0) is 28.6. The molecule has 0 saturated heterocycles. The van der Waals surface area contributed by atoms with E-state index in [1.807, 2.05) is 6.92 Å². The number of nitrogens with one attached hydrogen (secondary N) is 3. The summed E-state index contributed by atoms with van der Waals surface area (Å²) in [5, 5.41) is 13.2. The number of likely N-dealkylation sites (N-methyl/N-ethyl adjacent to an activating group) is 1. The molecule has 3 rings (SSSR count). The number of carbonyl (C=O) groups excluding carboxylic acids is 2. The van der Waals surface area contributed by atoms with Crippen molar-refractivity contribution in [3.63, 3.8) is 0 Å². The van der Waals surface area contributed by atoms with Gasteiger partial charge < -0.3 is 25.2 Å². The first kappa shape index (κ1) is 29.3. The summed E-state index contributed by atoms with van der Waals surface area (Å²) in [6.07, 6.45) is 2.32. The number of halogens is 1. The Morgan fingerprint density at radius 1 is 1.21 bits per heavy atom. The maximum absolute atomic E-state index is 13.5. The minimum Gasteiger partial charge on any atom is -0.444 e. The fourth-order valence-electron chi connectivity index (χ4n) is 3.38. The molecule has 0 bridgehead atoms. The van der Waals surface area contributed by atoms with Crippen molar-refractivity contribution in [1.82, 2.24) is 25.3 Å². The van der Waals surface area contributed by atoms with E-state index in [0.29, 0.717) is 54.0 Å². The quantitative estimate of drug-likeness (QED) is 0.314. The smallest absolute Gasteiger partial charge is 0.410 e. The van der Waals surface area contributed by atoms with Crippen LogP contribution in [0.2, 0.25) is 0 Å². The Bertz CT molecular complexity index is 1280. The van der Waals surface area contributed by atoms with E-state index in [1.54, 1.807) is 52.1 Å². The lowest BCUT2D eigenvalue weighted by Crippen LogP contribution is -2.47.